The number of halogens is 2. The molecule has 3 unspecified atom stereocenters. The number of nitrogens with one attached hydrogen (secondary N) is 1. The molecule has 1 saturated carbocycles. The van der Waals surface area contributed by atoms with Crippen LogP contribution < -0.4 is 5.32 Å². The zero-order valence-corrected chi connectivity index (χ0v) is 15.0. The van der Waals surface area contributed by atoms with E-state index in [1.165, 1.54) is 24.2 Å². The zero-order valence-electron chi connectivity index (χ0n) is 12.7. The lowest BCUT2D eigenvalue weighted by molar-refractivity contribution is 0.0895. The Morgan fingerprint density at radius 2 is 2.05 bits per heavy atom. The van der Waals surface area contributed by atoms with E-state index in [1.807, 2.05) is 12.1 Å². The van der Waals surface area contributed by atoms with Gasteiger partial charge in [0.05, 0.1) is 5.02 Å². The van der Waals surface area contributed by atoms with Gasteiger partial charge in [-0.1, -0.05) is 56.0 Å². The van der Waals surface area contributed by atoms with E-state index in [-0.39, 0.29) is 11.9 Å². The maximum atomic E-state index is 12.6. The summed E-state index contributed by atoms with van der Waals surface area (Å²) < 4.78 is 0.952. The lowest BCUT2D eigenvalue weighted by atomic mass is 9.78. The van der Waals surface area contributed by atoms with Gasteiger partial charge in [0.25, 0.3) is 5.91 Å². The fourth-order valence-corrected chi connectivity index (χ4v) is 4.90. The first-order chi connectivity index (χ1) is 10.5. The first-order valence-electron chi connectivity index (χ1n) is 7.65. The van der Waals surface area contributed by atoms with E-state index in [4.69, 9.17) is 23.2 Å². The van der Waals surface area contributed by atoms with Crippen LogP contribution in [-0.2, 0) is 0 Å². The van der Waals surface area contributed by atoms with Crippen molar-refractivity contribution < 1.29 is 4.79 Å². The number of carbonyl (C=O) groups excluding carboxylic acids is 1. The van der Waals surface area contributed by atoms with Crippen molar-refractivity contribution in [3.8, 4) is 0 Å². The molecule has 2 aromatic rings. The number of thiophene rings is 1. The Bertz CT molecular complexity index is 712. The van der Waals surface area contributed by atoms with Crippen LogP contribution in [0, 0.1) is 11.8 Å². The first-order valence-corrected chi connectivity index (χ1v) is 9.23. The number of amides is 1. The van der Waals surface area contributed by atoms with E-state index < -0.39 is 0 Å². The summed E-state index contributed by atoms with van der Waals surface area (Å²) in [6.45, 7) is 4.48. The Labute approximate surface area is 144 Å². The molecule has 1 aromatic heterocycles. The summed E-state index contributed by atoms with van der Waals surface area (Å²) in [4.78, 5) is 13.2. The van der Waals surface area contributed by atoms with Crippen molar-refractivity contribution in [3.63, 3.8) is 0 Å². The van der Waals surface area contributed by atoms with Gasteiger partial charge >= 0.3 is 0 Å². The lowest BCUT2D eigenvalue weighted by Crippen LogP contribution is -2.43. The van der Waals surface area contributed by atoms with Crippen LogP contribution in [0.5, 0.6) is 0 Å². The molecule has 1 heterocycles. The monoisotopic (exact) mass is 355 g/mol. The van der Waals surface area contributed by atoms with Gasteiger partial charge in [0.1, 0.15) is 4.88 Å². The molecule has 1 N–H and O–H groups in total. The second kappa shape index (κ2) is 6.38. The summed E-state index contributed by atoms with van der Waals surface area (Å²) in [5.74, 6) is 1.09. The van der Waals surface area contributed by atoms with Crippen LogP contribution in [0.2, 0.25) is 10.0 Å². The van der Waals surface area contributed by atoms with Gasteiger partial charge in [0, 0.05) is 21.2 Å². The Morgan fingerprint density at radius 3 is 2.82 bits per heavy atom. The molecule has 1 aromatic carbocycles. The highest BCUT2D eigenvalue weighted by atomic mass is 35.5. The van der Waals surface area contributed by atoms with Crippen LogP contribution in [0.25, 0.3) is 10.1 Å². The topological polar surface area (TPSA) is 29.1 Å². The van der Waals surface area contributed by atoms with Crippen molar-refractivity contribution >= 4 is 50.5 Å². The maximum Gasteiger partial charge on any atom is 0.263 e. The molecule has 3 atom stereocenters. The molecule has 0 saturated heterocycles. The van der Waals surface area contributed by atoms with Crippen molar-refractivity contribution in [3.05, 3.63) is 33.1 Å². The van der Waals surface area contributed by atoms with E-state index in [0.717, 1.165) is 16.5 Å². The number of hydrogen-bond acceptors (Lipinski definition) is 2. The fourth-order valence-electron chi connectivity index (χ4n) is 3.20. The highest BCUT2D eigenvalue weighted by Crippen LogP contribution is 2.37. The molecule has 1 aliphatic carbocycles. The normalized spacial score (nSPS) is 25.4. The third kappa shape index (κ3) is 2.99. The van der Waals surface area contributed by atoms with Crippen LogP contribution in [0.15, 0.2) is 18.2 Å². The number of rotatable bonds is 2. The highest BCUT2D eigenvalue weighted by molar-refractivity contribution is 7.21. The molecular formula is C17H19Cl2NOS. The van der Waals surface area contributed by atoms with Gasteiger partial charge in [-0.25, -0.2) is 0 Å². The van der Waals surface area contributed by atoms with E-state index in [9.17, 15) is 4.79 Å². The van der Waals surface area contributed by atoms with E-state index in [1.54, 1.807) is 6.07 Å². The molecule has 2 nitrogen and oxygen atoms in total. The van der Waals surface area contributed by atoms with Crippen LogP contribution in [0.1, 0.15) is 42.8 Å². The molecule has 0 spiro atoms. The first kappa shape index (κ1) is 16.1. The molecule has 0 aliphatic heterocycles. The smallest absolute Gasteiger partial charge is 0.263 e. The predicted octanol–water partition coefficient (Wildman–Crippen LogP) is 5.76. The number of carbonyl (C=O) groups is 1. The molecule has 118 valence electrons. The third-order valence-electron chi connectivity index (χ3n) is 4.82. The Hall–Kier alpha value is -0.770. The lowest BCUT2D eigenvalue weighted by Gasteiger charge is -2.34. The molecule has 22 heavy (non-hydrogen) atoms. The molecule has 5 heteroatoms. The zero-order chi connectivity index (χ0) is 15.9. The molecule has 1 fully saturated rings. The molecule has 0 radical (unpaired) electrons. The Morgan fingerprint density at radius 1 is 1.27 bits per heavy atom. The van der Waals surface area contributed by atoms with E-state index in [2.05, 4.69) is 19.2 Å². The van der Waals surface area contributed by atoms with Gasteiger partial charge in [-0.05, 0) is 30.4 Å². The van der Waals surface area contributed by atoms with Gasteiger partial charge < -0.3 is 5.32 Å². The van der Waals surface area contributed by atoms with Gasteiger partial charge in [0.15, 0.2) is 0 Å². The molecule has 1 amide bonds. The maximum absolute atomic E-state index is 12.6. The Balaban J connectivity index is 1.84. The number of fused-ring (bicyclic) bond motifs is 1. The minimum atomic E-state index is -0.0618. The number of hydrogen-bond donors (Lipinski definition) is 1. The highest BCUT2D eigenvalue weighted by Gasteiger charge is 2.29. The quantitative estimate of drug-likeness (QED) is 0.728. The minimum Gasteiger partial charge on any atom is -0.348 e. The summed E-state index contributed by atoms with van der Waals surface area (Å²) >= 11 is 13.8. The summed E-state index contributed by atoms with van der Waals surface area (Å²) in [7, 11) is 0. The van der Waals surface area contributed by atoms with E-state index >= 15 is 0 Å². The average molecular weight is 356 g/mol. The van der Waals surface area contributed by atoms with Gasteiger partial charge in [-0.15, -0.1) is 11.3 Å². The van der Waals surface area contributed by atoms with Crippen LogP contribution in [0.3, 0.4) is 0 Å². The summed E-state index contributed by atoms with van der Waals surface area (Å²) in [5, 5.41) is 5.27. The predicted molar refractivity (Wildman–Crippen MR) is 95.3 cm³/mol. The van der Waals surface area contributed by atoms with Crippen molar-refractivity contribution in [2.45, 2.75) is 39.2 Å². The van der Waals surface area contributed by atoms with Crippen molar-refractivity contribution in [2.75, 3.05) is 0 Å². The summed E-state index contributed by atoms with van der Waals surface area (Å²) in [6.07, 6.45) is 3.47. The van der Waals surface area contributed by atoms with Gasteiger partial charge in [0.2, 0.25) is 0 Å². The number of benzene rings is 1. The second-order valence-electron chi connectivity index (χ2n) is 6.23. The second-order valence-corrected chi connectivity index (χ2v) is 8.10. The molecule has 3 rings (SSSR count). The summed E-state index contributed by atoms with van der Waals surface area (Å²) in [6, 6.07) is 5.77. The van der Waals surface area contributed by atoms with Crippen molar-refractivity contribution in [1.82, 2.24) is 5.32 Å². The molecule has 0 bridgehead atoms. The SMILES string of the molecule is CC1CCCC(NC(=O)c2sc3cc(Cl)ccc3c2Cl)C1C. The van der Waals surface area contributed by atoms with Crippen LogP contribution in [0.4, 0.5) is 0 Å². The Kier molecular flexibility index (Phi) is 4.67. The summed E-state index contributed by atoms with van der Waals surface area (Å²) in [5.41, 5.74) is 0. The van der Waals surface area contributed by atoms with Crippen LogP contribution in [-0.4, -0.2) is 11.9 Å². The average Bonchev–Trinajstić information content (AvgIpc) is 2.80. The van der Waals surface area contributed by atoms with Crippen molar-refractivity contribution in [1.29, 1.82) is 0 Å². The molecular weight excluding hydrogens is 337 g/mol. The van der Waals surface area contributed by atoms with Gasteiger partial charge in [-0.2, -0.15) is 0 Å². The largest absolute Gasteiger partial charge is 0.348 e. The van der Waals surface area contributed by atoms with Gasteiger partial charge in [-0.3, -0.25) is 4.79 Å². The van der Waals surface area contributed by atoms with Crippen LogP contribution >= 0.6 is 34.5 Å². The minimum absolute atomic E-state index is 0.0618. The van der Waals surface area contributed by atoms with E-state index in [0.29, 0.717) is 26.8 Å². The third-order valence-corrected chi connectivity index (χ3v) is 6.71. The molecule has 1 aliphatic rings. The fraction of sp³-hybridized carbons (Fsp3) is 0.471. The van der Waals surface area contributed by atoms with Crippen molar-refractivity contribution in [2.24, 2.45) is 11.8 Å². The standard InChI is InChI=1S/C17H19Cl2NOS/c1-9-4-3-5-13(10(9)2)20-17(21)16-15(19)12-7-6-11(18)8-14(12)22-16/h6-10,13H,3-5H2,1-2H3,(H,20,21).